The van der Waals surface area contributed by atoms with E-state index in [9.17, 15) is 4.79 Å². The van der Waals surface area contributed by atoms with E-state index in [-0.39, 0.29) is 5.82 Å². The van der Waals surface area contributed by atoms with Crippen LogP contribution in [0.15, 0.2) is 36.7 Å². The molecule has 18 heavy (non-hydrogen) atoms. The summed E-state index contributed by atoms with van der Waals surface area (Å²) in [6, 6.07) is 7.09. The number of methoxy groups -OCH3 is 1. The number of aromatic carboxylic acids is 1. The molecule has 2 aromatic rings. The molecule has 1 aromatic heterocycles. The summed E-state index contributed by atoms with van der Waals surface area (Å²) in [5.41, 5.74) is 0. The van der Waals surface area contributed by atoms with Gasteiger partial charge in [0.25, 0.3) is 0 Å². The van der Waals surface area contributed by atoms with E-state index in [0.717, 1.165) is 0 Å². The Balaban J connectivity index is 2.21. The topological polar surface area (TPSA) is 81.5 Å². The molecule has 92 valence electrons. The van der Waals surface area contributed by atoms with Gasteiger partial charge in [0, 0.05) is 0 Å². The zero-order chi connectivity index (χ0) is 13.0. The maximum atomic E-state index is 10.6. The van der Waals surface area contributed by atoms with Crippen LogP contribution in [-0.2, 0) is 0 Å². The second-order valence-electron chi connectivity index (χ2n) is 3.30. The number of ether oxygens (including phenoxy) is 2. The van der Waals surface area contributed by atoms with Crippen molar-refractivity contribution in [1.82, 2.24) is 9.97 Å². The average Bonchev–Trinajstić information content (AvgIpc) is 2.40. The second-order valence-corrected chi connectivity index (χ2v) is 3.30. The van der Waals surface area contributed by atoms with Gasteiger partial charge >= 0.3 is 5.97 Å². The molecule has 0 saturated carbocycles. The second kappa shape index (κ2) is 5.13. The summed E-state index contributed by atoms with van der Waals surface area (Å²) >= 11 is 0. The van der Waals surface area contributed by atoms with Crippen LogP contribution in [0.25, 0.3) is 0 Å². The first-order valence-corrected chi connectivity index (χ1v) is 5.07. The number of hydrogen-bond acceptors (Lipinski definition) is 5. The molecule has 6 nitrogen and oxygen atoms in total. The molecule has 0 atom stereocenters. The normalized spacial score (nSPS) is 9.83. The molecule has 0 unspecified atom stereocenters. The van der Waals surface area contributed by atoms with Gasteiger partial charge in [-0.2, -0.15) is 0 Å². The van der Waals surface area contributed by atoms with E-state index in [0.29, 0.717) is 17.2 Å². The van der Waals surface area contributed by atoms with Gasteiger partial charge in [-0.05, 0) is 12.1 Å². The molecule has 0 aliphatic rings. The molecule has 0 radical (unpaired) electrons. The quantitative estimate of drug-likeness (QED) is 0.888. The number of aromatic nitrogens is 2. The maximum absolute atomic E-state index is 10.6. The highest BCUT2D eigenvalue weighted by molar-refractivity contribution is 5.82. The van der Waals surface area contributed by atoms with Crippen molar-refractivity contribution in [3.8, 4) is 17.2 Å². The average molecular weight is 246 g/mol. The summed E-state index contributed by atoms with van der Waals surface area (Å²) in [5, 5.41) is 8.66. The fourth-order valence-corrected chi connectivity index (χ4v) is 1.31. The standard InChI is InChI=1S/C12H10N2O4/c1-17-9-4-2-3-5-10(9)18-8-6-13-11(12(15)16)14-7-8/h2-7H,1H3,(H,15,16). The van der Waals surface area contributed by atoms with Gasteiger partial charge in [0.15, 0.2) is 17.2 Å². The van der Waals surface area contributed by atoms with E-state index in [1.54, 1.807) is 18.2 Å². The van der Waals surface area contributed by atoms with Gasteiger partial charge in [-0.15, -0.1) is 0 Å². The van der Waals surface area contributed by atoms with Crippen LogP contribution in [0.3, 0.4) is 0 Å². The van der Waals surface area contributed by atoms with Gasteiger partial charge in [-0.1, -0.05) is 12.1 Å². The van der Waals surface area contributed by atoms with E-state index in [2.05, 4.69) is 9.97 Å². The Bertz CT molecular complexity index is 554. The van der Waals surface area contributed by atoms with Crippen molar-refractivity contribution in [1.29, 1.82) is 0 Å². The van der Waals surface area contributed by atoms with Crippen molar-refractivity contribution in [3.05, 3.63) is 42.5 Å². The zero-order valence-corrected chi connectivity index (χ0v) is 9.53. The molecule has 6 heteroatoms. The summed E-state index contributed by atoms with van der Waals surface area (Å²) in [4.78, 5) is 17.9. The highest BCUT2D eigenvalue weighted by atomic mass is 16.5. The van der Waals surface area contributed by atoms with Gasteiger partial charge in [0.05, 0.1) is 19.5 Å². The van der Waals surface area contributed by atoms with Crippen molar-refractivity contribution >= 4 is 5.97 Å². The van der Waals surface area contributed by atoms with E-state index >= 15 is 0 Å². The van der Waals surface area contributed by atoms with Crippen molar-refractivity contribution in [3.63, 3.8) is 0 Å². The molecular formula is C12H10N2O4. The molecule has 0 amide bonds. The lowest BCUT2D eigenvalue weighted by atomic mass is 10.3. The SMILES string of the molecule is COc1ccccc1Oc1cnc(C(=O)O)nc1. The number of benzene rings is 1. The highest BCUT2D eigenvalue weighted by Crippen LogP contribution is 2.30. The Hall–Kier alpha value is -2.63. The van der Waals surface area contributed by atoms with Crippen molar-refractivity contribution in [2.75, 3.05) is 7.11 Å². The lowest BCUT2D eigenvalue weighted by Crippen LogP contribution is -2.03. The van der Waals surface area contributed by atoms with E-state index < -0.39 is 5.97 Å². The maximum Gasteiger partial charge on any atom is 0.373 e. The molecule has 0 saturated heterocycles. The lowest BCUT2D eigenvalue weighted by Gasteiger charge is -2.08. The summed E-state index contributed by atoms with van der Waals surface area (Å²) in [7, 11) is 1.53. The van der Waals surface area contributed by atoms with Crippen LogP contribution in [0.5, 0.6) is 17.2 Å². The van der Waals surface area contributed by atoms with Crippen LogP contribution in [0.1, 0.15) is 10.6 Å². The summed E-state index contributed by atoms with van der Waals surface area (Å²) < 4.78 is 10.6. The predicted molar refractivity (Wildman–Crippen MR) is 62.1 cm³/mol. The Morgan fingerprint density at radius 1 is 1.17 bits per heavy atom. The minimum absolute atomic E-state index is 0.276. The Labute approximate surface area is 103 Å². The molecule has 0 aliphatic heterocycles. The zero-order valence-electron chi connectivity index (χ0n) is 9.53. The fourth-order valence-electron chi connectivity index (χ4n) is 1.31. The molecule has 0 aliphatic carbocycles. The minimum atomic E-state index is -1.18. The number of carboxylic acid groups (broad SMARTS) is 1. The monoisotopic (exact) mass is 246 g/mol. The van der Waals surface area contributed by atoms with Crippen molar-refractivity contribution < 1.29 is 19.4 Å². The lowest BCUT2D eigenvalue weighted by molar-refractivity contribution is 0.0683. The van der Waals surface area contributed by atoms with Crippen LogP contribution in [0.2, 0.25) is 0 Å². The minimum Gasteiger partial charge on any atom is -0.493 e. The predicted octanol–water partition coefficient (Wildman–Crippen LogP) is 1.98. The first kappa shape index (κ1) is 11.8. The van der Waals surface area contributed by atoms with Crippen LogP contribution in [0, 0.1) is 0 Å². The van der Waals surface area contributed by atoms with Crippen LogP contribution in [-0.4, -0.2) is 28.2 Å². The number of para-hydroxylation sites is 2. The molecule has 0 bridgehead atoms. The first-order valence-electron chi connectivity index (χ1n) is 5.07. The van der Waals surface area contributed by atoms with Crippen molar-refractivity contribution in [2.45, 2.75) is 0 Å². The smallest absolute Gasteiger partial charge is 0.373 e. The van der Waals surface area contributed by atoms with E-state index in [1.807, 2.05) is 6.07 Å². The molecule has 1 N–H and O–H groups in total. The Morgan fingerprint density at radius 3 is 2.33 bits per heavy atom. The molecule has 1 aromatic carbocycles. The summed E-state index contributed by atoms with van der Waals surface area (Å²) in [6.45, 7) is 0. The van der Waals surface area contributed by atoms with Crippen molar-refractivity contribution in [2.24, 2.45) is 0 Å². The number of carboxylic acids is 1. The molecule has 2 rings (SSSR count). The third kappa shape index (κ3) is 2.54. The summed E-state index contributed by atoms with van der Waals surface area (Å²) in [6.07, 6.45) is 2.59. The van der Waals surface area contributed by atoms with E-state index in [4.69, 9.17) is 14.6 Å². The van der Waals surface area contributed by atoms with Gasteiger partial charge in [0.1, 0.15) is 0 Å². The third-order valence-corrected chi connectivity index (χ3v) is 2.12. The van der Waals surface area contributed by atoms with Gasteiger partial charge in [0.2, 0.25) is 5.82 Å². The number of rotatable bonds is 4. The van der Waals surface area contributed by atoms with Crippen LogP contribution >= 0.6 is 0 Å². The Morgan fingerprint density at radius 2 is 1.78 bits per heavy atom. The van der Waals surface area contributed by atoms with Crippen LogP contribution < -0.4 is 9.47 Å². The Kier molecular flexibility index (Phi) is 3.38. The molecule has 0 fully saturated rings. The van der Waals surface area contributed by atoms with E-state index in [1.165, 1.54) is 19.5 Å². The third-order valence-electron chi connectivity index (χ3n) is 2.12. The molecular weight excluding hydrogens is 236 g/mol. The summed E-state index contributed by atoms with van der Waals surface area (Å²) in [5.74, 6) is -0.0443. The van der Waals surface area contributed by atoms with Gasteiger partial charge in [-0.3, -0.25) is 0 Å². The highest BCUT2D eigenvalue weighted by Gasteiger charge is 2.08. The molecule has 0 spiro atoms. The fraction of sp³-hybridized carbons (Fsp3) is 0.0833. The number of nitrogens with zero attached hydrogens (tertiary/aromatic N) is 2. The first-order chi connectivity index (χ1) is 8.70. The largest absolute Gasteiger partial charge is 0.493 e. The van der Waals surface area contributed by atoms with Crippen LogP contribution in [0.4, 0.5) is 0 Å². The molecule has 1 heterocycles. The number of carbonyl (C=O) groups is 1. The van der Waals surface area contributed by atoms with Gasteiger partial charge < -0.3 is 14.6 Å². The van der Waals surface area contributed by atoms with Gasteiger partial charge in [-0.25, -0.2) is 14.8 Å². The number of hydrogen-bond donors (Lipinski definition) is 1.